The summed E-state index contributed by atoms with van der Waals surface area (Å²) in [7, 11) is 0. The number of nitrogens with zero attached hydrogens (tertiary/aromatic N) is 1. The van der Waals surface area contributed by atoms with Crippen LogP contribution in [-0.4, -0.2) is 4.57 Å². The Bertz CT molecular complexity index is 1130. The van der Waals surface area contributed by atoms with E-state index in [0.717, 1.165) is 27.9 Å². The number of anilines is 3. The van der Waals surface area contributed by atoms with Gasteiger partial charge in [0.1, 0.15) is 5.00 Å². The first-order valence-corrected chi connectivity index (χ1v) is 9.57. The van der Waals surface area contributed by atoms with Gasteiger partial charge in [-0.2, -0.15) is 13.2 Å². The highest BCUT2D eigenvalue weighted by atomic mass is 32.1. The van der Waals surface area contributed by atoms with Gasteiger partial charge in [0.25, 0.3) is 0 Å². The lowest BCUT2D eigenvalue weighted by molar-refractivity contribution is -0.136. The van der Waals surface area contributed by atoms with E-state index in [0.29, 0.717) is 5.69 Å². The minimum absolute atomic E-state index is 0.00811. The molecule has 0 fully saturated rings. The highest BCUT2D eigenvalue weighted by Gasteiger charge is 2.38. The first kappa shape index (κ1) is 20.5. The van der Waals surface area contributed by atoms with Gasteiger partial charge in [0.15, 0.2) is 0 Å². The van der Waals surface area contributed by atoms with Crippen LogP contribution in [-0.2, 0) is 6.18 Å². The number of aromatic nitrogens is 1. The second kappa shape index (κ2) is 8.05. The van der Waals surface area contributed by atoms with Gasteiger partial charge in [-0.1, -0.05) is 37.5 Å². The average molecular weight is 415 g/mol. The molecule has 3 aromatic rings. The average Bonchev–Trinajstić information content (AvgIpc) is 3.22. The molecule has 3 rings (SSSR count). The lowest BCUT2D eigenvalue weighted by atomic mass is 10.1. The molecule has 0 amide bonds. The van der Waals surface area contributed by atoms with Crippen molar-refractivity contribution in [1.29, 1.82) is 0 Å². The second-order valence-electron chi connectivity index (χ2n) is 6.19. The first-order chi connectivity index (χ1) is 13.8. The summed E-state index contributed by atoms with van der Waals surface area (Å²) in [4.78, 5) is -0.00811. The van der Waals surface area contributed by atoms with Crippen LogP contribution in [0, 0.1) is 0 Å². The fourth-order valence-corrected chi connectivity index (χ4v) is 3.99. The summed E-state index contributed by atoms with van der Waals surface area (Å²) in [5.41, 5.74) is 7.16. The van der Waals surface area contributed by atoms with E-state index < -0.39 is 11.7 Å². The summed E-state index contributed by atoms with van der Waals surface area (Å²) in [6.45, 7) is 9.11. The van der Waals surface area contributed by atoms with Gasteiger partial charge in [0.05, 0.1) is 16.8 Å². The van der Waals surface area contributed by atoms with Crippen LogP contribution in [0.1, 0.15) is 17.4 Å². The normalized spacial score (nSPS) is 12.6. The fraction of sp³-hybridized carbons (Fsp3) is 0.0909. The monoisotopic (exact) mass is 415 g/mol. The zero-order valence-electron chi connectivity index (χ0n) is 15.8. The van der Waals surface area contributed by atoms with E-state index in [1.54, 1.807) is 18.2 Å². The number of fused-ring (bicyclic) bond motifs is 1. The molecule has 0 aliphatic carbocycles. The number of alkyl halides is 3. The van der Waals surface area contributed by atoms with E-state index in [9.17, 15) is 13.2 Å². The van der Waals surface area contributed by atoms with Crippen molar-refractivity contribution in [3.8, 4) is 0 Å². The molecule has 0 radical (unpaired) electrons. The predicted molar refractivity (Wildman–Crippen MR) is 118 cm³/mol. The van der Waals surface area contributed by atoms with Gasteiger partial charge < -0.3 is 15.6 Å². The Morgan fingerprint density at radius 3 is 2.62 bits per heavy atom. The summed E-state index contributed by atoms with van der Waals surface area (Å²) in [6, 6.07) is 7.31. The Balaban J connectivity index is 2.11. The Labute approximate surface area is 171 Å². The van der Waals surface area contributed by atoms with Crippen LogP contribution in [0.2, 0.25) is 0 Å². The summed E-state index contributed by atoms with van der Waals surface area (Å²) in [6.07, 6.45) is 5.90. The van der Waals surface area contributed by atoms with Gasteiger partial charge in [-0.3, -0.25) is 0 Å². The number of benzene rings is 1. The minimum Gasteiger partial charge on any atom is -0.389 e. The SMILES string of the molecule is C=C/C=C(\C=C/C)n1ccc2ccc(Nc3c(N)sc(C=C)c3C(F)(F)F)cc21. The molecule has 0 atom stereocenters. The van der Waals surface area contributed by atoms with E-state index in [-0.39, 0.29) is 15.6 Å². The molecule has 0 saturated heterocycles. The van der Waals surface area contributed by atoms with E-state index in [1.807, 2.05) is 48.0 Å². The topological polar surface area (TPSA) is 43.0 Å². The minimum atomic E-state index is -4.55. The number of nitrogen functional groups attached to an aromatic ring is 1. The van der Waals surface area contributed by atoms with E-state index in [1.165, 1.54) is 6.08 Å². The van der Waals surface area contributed by atoms with Crippen LogP contribution in [0.3, 0.4) is 0 Å². The Morgan fingerprint density at radius 2 is 2.00 bits per heavy atom. The third kappa shape index (κ3) is 4.00. The lowest BCUT2D eigenvalue weighted by Crippen LogP contribution is -2.09. The molecule has 7 heteroatoms. The predicted octanol–water partition coefficient (Wildman–Crippen LogP) is 7.29. The zero-order valence-corrected chi connectivity index (χ0v) is 16.6. The Hall–Kier alpha value is -3.19. The van der Waals surface area contributed by atoms with Crippen LogP contribution in [0.4, 0.5) is 29.5 Å². The molecule has 0 bridgehead atoms. The lowest BCUT2D eigenvalue weighted by Gasteiger charge is -2.13. The maximum absolute atomic E-state index is 13.6. The van der Waals surface area contributed by atoms with Gasteiger partial charge in [-0.25, -0.2) is 0 Å². The van der Waals surface area contributed by atoms with Crippen molar-refractivity contribution in [3.63, 3.8) is 0 Å². The Kier molecular flexibility index (Phi) is 5.70. The maximum atomic E-state index is 13.6. The number of hydrogen-bond acceptors (Lipinski definition) is 3. The van der Waals surface area contributed by atoms with Gasteiger partial charge in [-0.05, 0) is 37.3 Å². The zero-order chi connectivity index (χ0) is 21.2. The maximum Gasteiger partial charge on any atom is 0.419 e. The number of nitrogens with one attached hydrogen (secondary N) is 1. The molecule has 2 heterocycles. The van der Waals surface area contributed by atoms with Crippen molar-refractivity contribution in [2.24, 2.45) is 0 Å². The molecular weight excluding hydrogens is 395 g/mol. The molecule has 3 nitrogen and oxygen atoms in total. The van der Waals surface area contributed by atoms with Crippen molar-refractivity contribution in [3.05, 3.63) is 78.4 Å². The van der Waals surface area contributed by atoms with Gasteiger partial charge >= 0.3 is 6.18 Å². The molecule has 0 spiro atoms. The third-order valence-electron chi connectivity index (χ3n) is 4.30. The molecule has 2 aromatic heterocycles. The fourth-order valence-electron chi connectivity index (χ4n) is 3.10. The highest BCUT2D eigenvalue weighted by molar-refractivity contribution is 7.17. The van der Waals surface area contributed by atoms with Crippen molar-refractivity contribution >= 4 is 50.4 Å². The van der Waals surface area contributed by atoms with Crippen molar-refractivity contribution in [1.82, 2.24) is 4.57 Å². The second-order valence-corrected chi connectivity index (χ2v) is 7.28. The van der Waals surface area contributed by atoms with Crippen LogP contribution in [0.5, 0.6) is 0 Å². The van der Waals surface area contributed by atoms with Gasteiger partial charge in [-0.15, -0.1) is 11.3 Å². The molecule has 1 aromatic carbocycles. The van der Waals surface area contributed by atoms with Crippen LogP contribution in [0.15, 0.2) is 67.9 Å². The molecule has 3 N–H and O–H groups in total. The molecule has 0 unspecified atom stereocenters. The highest BCUT2D eigenvalue weighted by Crippen LogP contribution is 2.47. The number of nitrogens with two attached hydrogens (primary N) is 1. The first-order valence-electron chi connectivity index (χ1n) is 8.76. The third-order valence-corrected chi connectivity index (χ3v) is 5.31. The van der Waals surface area contributed by atoms with Crippen molar-refractivity contribution < 1.29 is 13.2 Å². The summed E-state index contributed by atoms with van der Waals surface area (Å²) < 4.78 is 42.7. The smallest absolute Gasteiger partial charge is 0.389 e. The number of allylic oxidation sites excluding steroid dienone is 5. The summed E-state index contributed by atoms with van der Waals surface area (Å²) in [5.74, 6) is 0. The van der Waals surface area contributed by atoms with Gasteiger partial charge in [0.2, 0.25) is 0 Å². The van der Waals surface area contributed by atoms with Crippen LogP contribution in [0.25, 0.3) is 22.7 Å². The standard InChI is InChI=1S/C22H20F3N3S/c1-4-7-16(8-5-2)28-12-11-14-9-10-15(13-17(14)28)27-20-19(22(23,24)25)18(6-3)29-21(20)26/h4-13,27H,1,3,26H2,2H3/b8-5-,16-7+. The summed E-state index contributed by atoms with van der Waals surface area (Å²) in [5, 5.41) is 3.87. The molecule has 0 aliphatic rings. The van der Waals surface area contributed by atoms with Crippen LogP contribution >= 0.6 is 11.3 Å². The van der Waals surface area contributed by atoms with Crippen LogP contribution < -0.4 is 11.1 Å². The number of halogens is 3. The Morgan fingerprint density at radius 1 is 1.24 bits per heavy atom. The van der Waals surface area contributed by atoms with E-state index in [2.05, 4.69) is 18.5 Å². The molecule has 150 valence electrons. The number of thiophene rings is 1. The number of rotatable bonds is 6. The van der Waals surface area contributed by atoms with Crippen molar-refractivity contribution in [2.75, 3.05) is 11.1 Å². The van der Waals surface area contributed by atoms with Crippen molar-refractivity contribution in [2.45, 2.75) is 13.1 Å². The molecule has 0 saturated carbocycles. The van der Waals surface area contributed by atoms with E-state index in [4.69, 9.17) is 5.73 Å². The quantitative estimate of drug-likeness (QED) is 0.415. The van der Waals surface area contributed by atoms with Gasteiger partial charge in [0, 0.05) is 27.8 Å². The molecule has 0 aliphatic heterocycles. The molecule has 29 heavy (non-hydrogen) atoms. The molecular formula is C22H20F3N3S. The number of hydrogen-bond donors (Lipinski definition) is 2. The van der Waals surface area contributed by atoms with E-state index >= 15 is 0 Å². The largest absolute Gasteiger partial charge is 0.419 e. The summed E-state index contributed by atoms with van der Waals surface area (Å²) >= 11 is 0.856.